The Morgan fingerprint density at radius 3 is 2.90 bits per heavy atom. The second-order valence-corrected chi connectivity index (χ2v) is 4.91. The van der Waals surface area contributed by atoms with E-state index in [1.54, 1.807) is 7.11 Å². The van der Waals surface area contributed by atoms with Gasteiger partial charge < -0.3 is 14.8 Å². The number of hydrogen-bond donors (Lipinski definition) is 1. The molecule has 3 nitrogen and oxygen atoms in total. The van der Waals surface area contributed by atoms with Crippen LogP contribution in [0.15, 0.2) is 42.5 Å². The summed E-state index contributed by atoms with van der Waals surface area (Å²) in [5.41, 5.74) is 3.47. The number of methoxy groups -OCH3 is 1. The van der Waals surface area contributed by atoms with Crippen molar-refractivity contribution in [2.75, 3.05) is 19.0 Å². The van der Waals surface area contributed by atoms with E-state index in [1.165, 1.54) is 5.56 Å². The van der Waals surface area contributed by atoms with Gasteiger partial charge in [0.15, 0.2) is 0 Å². The maximum absolute atomic E-state index is 6.12. The first kappa shape index (κ1) is 12.9. The average Bonchev–Trinajstić information content (AvgIpc) is 2.53. The molecule has 0 aromatic heterocycles. The standard InChI is InChI=1S/C17H19NO2/c1-3-12-8-9-16-14(10-12)18-11-17(20-16)13-6-4-5-7-15(13)19-2/h4-10,17-18H,3,11H2,1-2H3. The molecule has 0 fully saturated rings. The Kier molecular flexibility index (Phi) is 3.50. The summed E-state index contributed by atoms with van der Waals surface area (Å²) in [5.74, 6) is 1.78. The van der Waals surface area contributed by atoms with Gasteiger partial charge in [-0.1, -0.05) is 31.2 Å². The summed E-state index contributed by atoms with van der Waals surface area (Å²) in [6.45, 7) is 2.91. The van der Waals surface area contributed by atoms with Gasteiger partial charge in [-0.2, -0.15) is 0 Å². The van der Waals surface area contributed by atoms with Gasteiger partial charge in [0.05, 0.1) is 19.3 Å². The number of benzene rings is 2. The van der Waals surface area contributed by atoms with Gasteiger partial charge in [0.2, 0.25) is 0 Å². The van der Waals surface area contributed by atoms with Gasteiger partial charge in [-0.05, 0) is 30.2 Å². The lowest BCUT2D eigenvalue weighted by Crippen LogP contribution is -2.24. The number of aryl methyl sites for hydroxylation is 1. The third kappa shape index (κ3) is 2.31. The van der Waals surface area contributed by atoms with Crippen LogP contribution in [0.1, 0.15) is 24.2 Å². The number of para-hydroxylation sites is 1. The molecule has 1 aliphatic heterocycles. The monoisotopic (exact) mass is 269 g/mol. The molecule has 0 amide bonds. The molecule has 0 bridgehead atoms. The quantitative estimate of drug-likeness (QED) is 0.919. The van der Waals surface area contributed by atoms with Crippen LogP contribution in [0.4, 0.5) is 5.69 Å². The second-order valence-electron chi connectivity index (χ2n) is 4.91. The van der Waals surface area contributed by atoms with E-state index in [0.29, 0.717) is 0 Å². The van der Waals surface area contributed by atoms with Crippen molar-refractivity contribution in [2.45, 2.75) is 19.4 Å². The smallest absolute Gasteiger partial charge is 0.145 e. The Morgan fingerprint density at radius 1 is 1.25 bits per heavy atom. The molecule has 0 aliphatic carbocycles. The average molecular weight is 269 g/mol. The molecule has 0 saturated carbocycles. The van der Waals surface area contributed by atoms with Gasteiger partial charge in [0.1, 0.15) is 17.6 Å². The first-order chi connectivity index (χ1) is 9.81. The molecule has 1 unspecified atom stereocenters. The van der Waals surface area contributed by atoms with Crippen molar-refractivity contribution >= 4 is 5.69 Å². The number of rotatable bonds is 3. The van der Waals surface area contributed by atoms with Gasteiger partial charge in [0, 0.05) is 5.56 Å². The highest BCUT2D eigenvalue weighted by Crippen LogP contribution is 2.37. The molecule has 0 radical (unpaired) electrons. The van der Waals surface area contributed by atoms with Gasteiger partial charge in [-0.15, -0.1) is 0 Å². The van der Waals surface area contributed by atoms with Crippen LogP contribution in [0, 0.1) is 0 Å². The van der Waals surface area contributed by atoms with Crippen LogP contribution in [-0.4, -0.2) is 13.7 Å². The van der Waals surface area contributed by atoms with Gasteiger partial charge in [-0.3, -0.25) is 0 Å². The van der Waals surface area contributed by atoms with E-state index in [4.69, 9.17) is 9.47 Å². The lowest BCUT2D eigenvalue weighted by molar-refractivity contribution is 0.205. The molecule has 0 saturated heterocycles. The van der Waals surface area contributed by atoms with Crippen LogP contribution in [-0.2, 0) is 6.42 Å². The topological polar surface area (TPSA) is 30.5 Å². The Labute approximate surface area is 119 Å². The molecular weight excluding hydrogens is 250 g/mol. The van der Waals surface area contributed by atoms with E-state index in [9.17, 15) is 0 Å². The molecule has 3 heteroatoms. The predicted molar refractivity (Wildman–Crippen MR) is 80.7 cm³/mol. The summed E-state index contributed by atoms with van der Waals surface area (Å²) in [6, 6.07) is 14.3. The third-order valence-electron chi connectivity index (χ3n) is 3.69. The zero-order valence-corrected chi connectivity index (χ0v) is 11.8. The number of fused-ring (bicyclic) bond motifs is 1. The fraction of sp³-hybridized carbons (Fsp3) is 0.294. The largest absolute Gasteiger partial charge is 0.496 e. The van der Waals surface area contributed by atoms with E-state index in [-0.39, 0.29) is 6.10 Å². The molecule has 104 valence electrons. The van der Waals surface area contributed by atoms with E-state index in [2.05, 4.69) is 30.4 Å². The summed E-state index contributed by atoms with van der Waals surface area (Å²) in [6.07, 6.45) is 1.01. The zero-order chi connectivity index (χ0) is 13.9. The molecule has 1 heterocycles. The van der Waals surface area contributed by atoms with Crippen molar-refractivity contribution in [1.82, 2.24) is 0 Å². The fourth-order valence-corrected chi connectivity index (χ4v) is 2.54. The molecule has 2 aromatic carbocycles. The minimum Gasteiger partial charge on any atom is -0.496 e. The third-order valence-corrected chi connectivity index (χ3v) is 3.69. The van der Waals surface area contributed by atoms with Crippen LogP contribution < -0.4 is 14.8 Å². The second kappa shape index (κ2) is 5.45. The molecule has 3 rings (SSSR count). The fourth-order valence-electron chi connectivity index (χ4n) is 2.54. The van der Waals surface area contributed by atoms with E-state index < -0.39 is 0 Å². The predicted octanol–water partition coefficient (Wildman–Crippen LogP) is 3.80. The molecule has 20 heavy (non-hydrogen) atoms. The summed E-state index contributed by atoms with van der Waals surface area (Å²) in [4.78, 5) is 0. The first-order valence-corrected chi connectivity index (χ1v) is 6.98. The van der Waals surface area contributed by atoms with Gasteiger partial charge in [-0.25, -0.2) is 0 Å². The van der Waals surface area contributed by atoms with E-state index in [1.807, 2.05) is 24.3 Å². The van der Waals surface area contributed by atoms with Crippen molar-refractivity contribution in [3.05, 3.63) is 53.6 Å². The summed E-state index contributed by atoms with van der Waals surface area (Å²) < 4.78 is 11.5. The molecular formula is C17H19NO2. The van der Waals surface area contributed by atoms with Crippen LogP contribution >= 0.6 is 0 Å². The first-order valence-electron chi connectivity index (χ1n) is 6.98. The normalized spacial score (nSPS) is 16.8. The number of anilines is 1. The number of nitrogens with one attached hydrogen (secondary N) is 1. The number of ether oxygens (including phenoxy) is 2. The van der Waals surface area contributed by atoms with Crippen LogP contribution in [0.25, 0.3) is 0 Å². The van der Waals surface area contributed by atoms with Crippen molar-refractivity contribution in [2.24, 2.45) is 0 Å². The Balaban J connectivity index is 1.88. The van der Waals surface area contributed by atoms with Gasteiger partial charge >= 0.3 is 0 Å². The van der Waals surface area contributed by atoms with Crippen LogP contribution in [0.3, 0.4) is 0 Å². The van der Waals surface area contributed by atoms with Crippen LogP contribution in [0.5, 0.6) is 11.5 Å². The minimum absolute atomic E-state index is 0.0221. The highest BCUT2D eigenvalue weighted by atomic mass is 16.5. The molecule has 0 spiro atoms. The van der Waals surface area contributed by atoms with Crippen molar-refractivity contribution in [3.63, 3.8) is 0 Å². The maximum atomic E-state index is 6.12. The Bertz CT molecular complexity index is 610. The number of hydrogen-bond acceptors (Lipinski definition) is 3. The maximum Gasteiger partial charge on any atom is 0.145 e. The highest BCUT2D eigenvalue weighted by molar-refractivity contribution is 5.60. The molecule has 1 aliphatic rings. The van der Waals surface area contributed by atoms with Gasteiger partial charge in [0.25, 0.3) is 0 Å². The summed E-state index contributed by atoms with van der Waals surface area (Å²) >= 11 is 0. The van der Waals surface area contributed by atoms with E-state index in [0.717, 1.165) is 35.7 Å². The zero-order valence-electron chi connectivity index (χ0n) is 11.8. The highest BCUT2D eigenvalue weighted by Gasteiger charge is 2.23. The van der Waals surface area contributed by atoms with Crippen LogP contribution in [0.2, 0.25) is 0 Å². The lowest BCUT2D eigenvalue weighted by atomic mass is 10.1. The SMILES string of the molecule is CCc1ccc2c(c1)NCC(c1ccccc1OC)O2. The molecule has 1 atom stereocenters. The van der Waals surface area contributed by atoms with Crippen molar-refractivity contribution in [1.29, 1.82) is 0 Å². The lowest BCUT2D eigenvalue weighted by Gasteiger charge is -2.28. The summed E-state index contributed by atoms with van der Waals surface area (Å²) in [7, 11) is 1.69. The molecule has 1 N–H and O–H groups in total. The Hall–Kier alpha value is -2.16. The Morgan fingerprint density at radius 2 is 2.10 bits per heavy atom. The van der Waals surface area contributed by atoms with Crippen molar-refractivity contribution < 1.29 is 9.47 Å². The van der Waals surface area contributed by atoms with E-state index >= 15 is 0 Å². The molecule has 2 aromatic rings. The summed E-state index contributed by atoms with van der Waals surface area (Å²) in [5, 5.41) is 3.46. The minimum atomic E-state index is -0.0221. The van der Waals surface area contributed by atoms with Crippen molar-refractivity contribution in [3.8, 4) is 11.5 Å².